The Hall–Kier alpha value is -1.31. The zero-order valence-corrected chi connectivity index (χ0v) is 10.3. The molecule has 0 fully saturated rings. The summed E-state index contributed by atoms with van der Waals surface area (Å²) < 4.78 is 0. The van der Waals surface area contributed by atoms with Crippen LogP contribution < -0.4 is 0 Å². The van der Waals surface area contributed by atoms with Gasteiger partial charge in [-0.1, -0.05) is 48.0 Å². The molecule has 88 valence electrons. The Morgan fingerprint density at radius 2 is 1.71 bits per heavy atom. The number of aliphatic hydroxyl groups is 1. The maximum Gasteiger partial charge on any atom is 0.0434 e. The van der Waals surface area contributed by atoms with E-state index in [0.717, 1.165) is 23.4 Å². The molecule has 0 saturated carbocycles. The smallest absolute Gasteiger partial charge is 0.0434 e. The van der Waals surface area contributed by atoms with Gasteiger partial charge in [0.2, 0.25) is 0 Å². The summed E-state index contributed by atoms with van der Waals surface area (Å²) in [6.45, 7) is 0.246. The Bertz CT molecular complexity index is 477. The topological polar surface area (TPSA) is 20.2 Å². The Kier molecular flexibility index (Phi) is 4.18. The van der Waals surface area contributed by atoms with Crippen LogP contribution in [0, 0.1) is 0 Å². The van der Waals surface area contributed by atoms with E-state index < -0.39 is 0 Å². The van der Waals surface area contributed by atoms with Gasteiger partial charge in [0.1, 0.15) is 0 Å². The number of hydrogen-bond acceptors (Lipinski definition) is 1. The molecule has 0 aliphatic rings. The number of benzene rings is 2. The third-order valence-corrected chi connectivity index (χ3v) is 2.97. The minimum atomic E-state index is 0.246. The summed E-state index contributed by atoms with van der Waals surface area (Å²) in [4.78, 5) is 0. The molecule has 1 N–H and O–H groups in total. The summed E-state index contributed by atoms with van der Waals surface area (Å²) in [6, 6.07) is 16.2. The molecule has 0 unspecified atom stereocenters. The fourth-order valence-electron chi connectivity index (χ4n) is 1.82. The van der Waals surface area contributed by atoms with Crippen LogP contribution in [0.2, 0.25) is 5.02 Å². The maximum atomic E-state index is 8.78. The monoisotopic (exact) mass is 246 g/mol. The van der Waals surface area contributed by atoms with Gasteiger partial charge in [-0.2, -0.15) is 0 Å². The van der Waals surface area contributed by atoms with Gasteiger partial charge in [-0.15, -0.1) is 0 Å². The first-order valence-corrected chi connectivity index (χ1v) is 6.13. The minimum absolute atomic E-state index is 0.246. The van der Waals surface area contributed by atoms with Crippen molar-refractivity contribution in [3.05, 3.63) is 59.1 Å². The average Bonchev–Trinajstić information content (AvgIpc) is 2.37. The van der Waals surface area contributed by atoms with Crippen molar-refractivity contribution < 1.29 is 5.11 Å². The number of halogens is 1. The Balaban J connectivity index is 2.17. The molecule has 0 radical (unpaired) electrons. The molecular weight excluding hydrogens is 232 g/mol. The normalized spacial score (nSPS) is 10.5. The van der Waals surface area contributed by atoms with Crippen LogP contribution >= 0.6 is 11.6 Å². The van der Waals surface area contributed by atoms with Gasteiger partial charge in [-0.05, 0) is 41.7 Å². The van der Waals surface area contributed by atoms with E-state index in [1.165, 1.54) is 11.1 Å². The average molecular weight is 247 g/mol. The van der Waals surface area contributed by atoms with Crippen LogP contribution in [-0.2, 0) is 6.42 Å². The quantitative estimate of drug-likeness (QED) is 0.867. The molecule has 0 aromatic heterocycles. The Labute approximate surface area is 107 Å². The molecule has 0 spiro atoms. The van der Waals surface area contributed by atoms with Crippen molar-refractivity contribution in [2.45, 2.75) is 12.8 Å². The van der Waals surface area contributed by atoms with Crippen molar-refractivity contribution in [1.82, 2.24) is 0 Å². The van der Waals surface area contributed by atoms with Crippen LogP contribution in [0.1, 0.15) is 12.0 Å². The number of hydrogen-bond donors (Lipinski definition) is 1. The molecular formula is C15H15ClO. The van der Waals surface area contributed by atoms with Gasteiger partial charge < -0.3 is 5.11 Å². The lowest BCUT2D eigenvalue weighted by atomic mass is 10.0. The summed E-state index contributed by atoms with van der Waals surface area (Å²) in [5, 5.41) is 9.53. The molecule has 2 aromatic rings. The van der Waals surface area contributed by atoms with Crippen LogP contribution in [0.5, 0.6) is 0 Å². The SMILES string of the molecule is OCCCc1ccc(-c2cccc(Cl)c2)cc1. The van der Waals surface area contributed by atoms with E-state index in [4.69, 9.17) is 16.7 Å². The summed E-state index contributed by atoms with van der Waals surface area (Å²) in [5.41, 5.74) is 3.55. The second-order valence-corrected chi connectivity index (χ2v) is 4.47. The fraction of sp³-hybridized carbons (Fsp3) is 0.200. The predicted molar refractivity (Wildman–Crippen MR) is 72.3 cm³/mol. The van der Waals surface area contributed by atoms with Crippen molar-refractivity contribution in [3.8, 4) is 11.1 Å². The molecule has 0 saturated heterocycles. The second-order valence-electron chi connectivity index (χ2n) is 4.03. The van der Waals surface area contributed by atoms with Gasteiger partial charge in [-0.3, -0.25) is 0 Å². The maximum absolute atomic E-state index is 8.78. The third-order valence-electron chi connectivity index (χ3n) is 2.74. The van der Waals surface area contributed by atoms with Gasteiger partial charge in [0, 0.05) is 11.6 Å². The highest BCUT2D eigenvalue weighted by Crippen LogP contribution is 2.23. The number of aryl methyl sites for hydroxylation is 1. The molecule has 0 amide bonds. The molecule has 0 aliphatic carbocycles. The third kappa shape index (κ3) is 3.32. The van der Waals surface area contributed by atoms with E-state index in [2.05, 4.69) is 30.3 Å². The van der Waals surface area contributed by atoms with Crippen molar-refractivity contribution in [3.63, 3.8) is 0 Å². The summed E-state index contributed by atoms with van der Waals surface area (Å²) >= 11 is 5.97. The fourth-order valence-corrected chi connectivity index (χ4v) is 2.01. The molecule has 0 aliphatic heterocycles. The van der Waals surface area contributed by atoms with Crippen LogP contribution in [-0.4, -0.2) is 11.7 Å². The van der Waals surface area contributed by atoms with Crippen molar-refractivity contribution in [2.75, 3.05) is 6.61 Å². The highest BCUT2D eigenvalue weighted by Gasteiger charge is 1.99. The van der Waals surface area contributed by atoms with Gasteiger partial charge in [-0.25, -0.2) is 0 Å². The zero-order valence-electron chi connectivity index (χ0n) is 9.57. The van der Waals surface area contributed by atoms with E-state index >= 15 is 0 Å². The lowest BCUT2D eigenvalue weighted by molar-refractivity contribution is 0.288. The molecule has 0 heterocycles. The van der Waals surface area contributed by atoms with E-state index in [9.17, 15) is 0 Å². The Morgan fingerprint density at radius 1 is 0.941 bits per heavy atom. The molecule has 2 aromatic carbocycles. The molecule has 17 heavy (non-hydrogen) atoms. The standard InChI is InChI=1S/C15H15ClO/c16-15-5-1-4-14(11-15)13-8-6-12(7-9-13)3-2-10-17/h1,4-9,11,17H,2-3,10H2. The minimum Gasteiger partial charge on any atom is -0.396 e. The van der Waals surface area contributed by atoms with Crippen LogP contribution in [0.25, 0.3) is 11.1 Å². The molecule has 2 heteroatoms. The van der Waals surface area contributed by atoms with Gasteiger partial charge in [0.15, 0.2) is 0 Å². The summed E-state index contributed by atoms with van der Waals surface area (Å²) in [7, 11) is 0. The molecule has 0 bridgehead atoms. The van der Waals surface area contributed by atoms with Crippen molar-refractivity contribution in [1.29, 1.82) is 0 Å². The Morgan fingerprint density at radius 3 is 2.35 bits per heavy atom. The predicted octanol–water partition coefficient (Wildman–Crippen LogP) is 3.93. The largest absolute Gasteiger partial charge is 0.396 e. The second kappa shape index (κ2) is 5.85. The molecule has 0 atom stereocenters. The highest BCUT2D eigenvalue weighted by molar-refractivity contribution is 6.30. The number of aliphatic hydroxyl groups excluding tert-OH is 1. The van der Waals surface area contributed by atoms with Gasteiger partial charge >= 0.3 is 0 Å². The zero-order chi connectivity index (χ0) is 12.1. The van der Waals surface area contributed by atoms with Gasteiger partial charge in [0.05, 0.1) is 0 Å². The van der Waals surface area contributed by atoms with Crippen LogP contribution in [0.3, 0.4) is 0 Å². The molecule has 2 rings (SSSR count). The molecule has 1 nitrogen and oxygen atoms in total. The first-order valence-electron chi connectivity index (χ1n) is 5.75. The van der Waals surface area contributed by atoms with E-state index in [1.807, 2.05) is 18.2 Å². The van der Waals surface area contributed by atoms with E-state index in [-0.39, 0.29) is 6.61 Å². The summed E-state index contributed by atoms with van der Waals surface area (Å²) in [6.07, 6.45) is 1.74. The first kappa shape index (κ1) is 12.2. The van der Waals surface area contributed by atoms with Crippen molar-refractivity contribution in [2.24, 2.45) is 0 Å². The van der Waals surface area contributed by atoms with Crippen LogP contribution in [0.4, 0.5) is 0 Å². The lowest BCUT2D eigenvalue weighted by Crippen LogP contribution is -1.89. The van der Waals surface area contributed by atoms with Crippen molar-refractivity contribution >= 4 is 11.6 Å². The van der Waals surface area contributed by atoms with E-state index in [1.54, 1.807) is 0 Å². The highest BCUT2D eigenvalue weighted by atomic mass is 35.5. The first-order chi connectivity index (χ1) is 8.29. The van der Waals surface area contributed by atoms with E-state index in [0.29, 0.717) is 0 Å². The number of rotatable bonds is 4. The van der Waals surface area contributed by atoms with Gasteiger partial charge in [0.25, 0.3) is 0 Å². The lowest BCUT2D eigenvalue weighted by Gasteiger charge is -2.04. The summed E-state index contributed by atoms with van der Waals surface area (Å²) in [5.74, 6) is 0. The van der Waals surface area contributed by atoms with Crippen LogP contribution in [0.15, 0.2) is 48.5 Å².